The van der Waals surface area contributed by atoms with Crippen LogP contribution in [0.4, 0.5) is 5.82 Å². The Morgan fingerprint density at radius 2 is 2.03 bits per heavy atom. The van der Waals surface area contributed by atoms with Crippen LogP contribution in [0.1, 0.15) is 56.7 Å². The van der Waals surface area contributed by atoms with Crippen molar-refractivity contribution in [3.8, 4) is 6.01 Å². The minimum atomic E-state index is -2.72. The number of ether oxygens (including phenoxy) is 3. The second kappa shape index (κ2) is 13.1. The van der Waals surface area contributed by atoms with Crippen LogP contribution in [-0.4, -0.2) is 84.3 Å². The van der Waals surface area contributed by atoms with Gasteiger partial charge in [-0.1, -0.05) is 12.8 Å². The molecule has 1 aliphatic carbocycles. The maximum Gasteiger partial charge on any atom is 0.336 e. The van der Waals surface area contributed by atoms with Gasteiger partial charge in [0.2, 0.25) is 8.38 Å². The Balaban J connectivity index is 1.49. The Morgan fingerprint density at radius 1 is 1.24 bits per heavy atom. The molecule has 0 bridgehead atoms. The van der Waals surface area contributed by atoms with Gasteiger partial charge in [0.15, 0.2) is 11.2 Å². The Labute approximate surface area is 221 Å². The Hall–Kier alpha value is -2.36. The van der Waals surface area contributed by atoms with E-state index in [-0.39, 0.29) is 50.3 Å². The van der Waals surface area contributed by atoms with Crippen molar-refractivity contribution in [2.75, 3.05) is 31.7 Å². The third-order valence-electron chi connectivity index (χ3n) is 6.79. The van der Waals surface area contributed by atoms with E-state index >= 15 is 0 Å². The summed E-state index contributed by atoms with van der Waals surface area (Å²) in [6, 6.07) is 4.35. The van der Waals surface area contributed by atoms with Crippen molar-refractivity contribution in [2.45, 2.75) is 68.5 Å². The first-order chi connectivity index (χ1) is 18.4. The Bertz CT molecular complexity index is 1080. The van der Waals surface area contributed by atoms with E-state index in [4.69, 9.17) is 25.8 Å². The third-order valence-corrected chi connectivity index (χ3v) is 7.95. The normalized spacial score (nSPS) is 22.3. The summed E-state index contributed by atoms with van der Waals surface area (Å²) in [5.74, 6) is 5.74. The molecule has 1 aliphatic heterocycles. The first-order valence-corrected chi connectivity index (χ1v) is 13.9. The van der Waals surface area contributed by atoms with Crippen LogP contribution < -0.4 is 27.2 Å². The summed E-state index contributed by atoms with van der Waals surface area (Å²) in [5.41, 5.74) is 9.37. The summed E-state index contributed by atoms with van der Waals surface area (Å²) in [5, 5.41) is 29.0. The summed E-state index contributed by atoms with van der Waals surface area (Å²) in [4.78, 5) is 24.5. The number of aliphatic hydroxyl groups excluding tert-OH is 2. The van der Waals surface area contributed by atoms with E-state index in [9.17, 15) is 20.0 Å². The fraction of sp³-hybridized carbons (Fsp3) is 0.682. The van der Waals surface area contributed by atoms with Crippen LogP contribution in [0.5, 0.6) is 6.01 Å². The van der Waals surface area contributed by atoms with E-state index < -0.39 is 20.3 Å². The molecule has 10 N–H and O–H groups in total. The molecule has 0 amide bonds. The quantitative estimate of drug-likeness (QED) is 0.0496. The molecule has 15 nitrogen and oxygen atoms in total. The highest BCUT2D eigenvalue weighted by Crippen LogP contribution is 2.46. The predicted molar refractivity (Wildman–Crippen MR) is 139 cm³/mol. The summed E-state index contributed by atoms with van der Waals surface area (Å²) in [6.07, 6.45) is 4.87. The van der Waals surface area contributed by atoms with Crippen molar-refractivity contribution in [1.82, 2.24) is 20.1 Å². The third kappa shape index (κ3) is 6.61. The maximum absolute atomic E-state index is 9.97. The lowest BCUT2D eigenvalue weighted by atomic mass is 10.1. The molecular formula is C22H37N8O7P. The minimum absolute atomic E-state index is 0.00200. The lowest BCUT2D eigenvalue weighted by molar-refractivity contribution is -0.0775. The number of amidine groups is 1. The highest BCUT2D eigenvalue weighted by molar-refractivity contribution is 7.46. The highest BCUT2D eigenvalue weighted by Gasteiger charge is 2.42. The van der Waals surface area contributed by atoms with E-state index in [0.29, 0.717) is 24.7 Å². The van der Waals surface area contributed by atoms with Crippen molar-refractivity contribution in [2.24, 2.45) is 16.7 Å². The first kappa shape index (κ1) is 28.6. The summed E-state index contributed by atoms with van der Waals surface area (Å²) in [7, 11) is -2.72. The highest BCUT2D eigenvalue weighted by atomic mass is 31.2. The number of anilines is 1. The molecule has 212 valence electrons. The van der Waals surface area contributed by atoms with Gasteiger partial charge < -0.3 is 45.3 Å². The standard InChI is InChI=1S/C22H37N8O7P/c23-19(27-29-24)11-22(13-32,38(33)34)36-12-15-5-8-18(37-15)16-6-7-17-20(25-14-3-1-2-4-14)26-21(28-30(16)17)35-10-9-31/h6-7,14-15,18,29,31-34H,1-5,8-13,24H2,(H2,23,27)(H,25,26,28). The fourth-order valence-corrected chi connectivity index (χ4v) is 5.47. The molecular weight excluding hydrogens is 519 g/mol. The molecule has 2 aromatic rings. The number of aliphatic hydroxyl groups is 2. The zero-order chi connectivity index (χ0) is 27.1. The monoisotopic (exact) mass is 556 g/mol. The van der Waals surface area contributed by atoms with Crippen LogP contribution in [0.3, 0.4) is 0 Å². The lowest BCUT2D eigenvalue weighted by Crippen LogP contribution is -2.42. The number of nitrogens with zero attached hydrogens (tertiary/aromatic N) is 4. The van der Waals surface area contributed by atoms with E-state index in [1.165, 1.54) is 12.8 Å². The van der Waals surface area contributed by atoms with Crippen LogP contribution >= 0.6 is 8.38 Å². The molecule has 1 saturated heterocycles. The van der Waals surface area contributed by atoms with Crippen molar-refractivity contribution in [3.63, 3.8) is 0 Å². The molecule has 16 heteroatoms. The summed E-state index contributed by atoms with van der Waals surface area (Å²) in [6.45, 7) is -0.766. The smallest absolute Gasteiger partial charge is 0.336 e. The molecule has 3 unspecified atom stereocenters. The van der Waals surface area contributed by atoms with Gasteiger partial charge in [-0.25, -0.2) is 15.9 Å². The minimum Gasteiger partial charge on any atom is -0.460 e. The van der Waals surface area contributed by atoms with Gasteiger partial charge in [0.05, 0.1) is 31.6 Å². The van der Waals surface area contributed by atoms with Crippen molar-refractivity contribution >= 4 is 25.5 Å². The number of hydrazine groups is 1. The SMILES string of the molecule is NN/N=C(\N)CC(CO)(OCC1CCC(c2ccc3c(NC4CCCC4)nc(OCCO)nn23)O1)P(O)O. The average Bonchev–Trinajstić information content (AvgIpc) is 3.66. The molecule has 3 atom stereocenters. The van der Waals surface area contributed by atoms with Crippen molar-refractivity contribution in [1.29, 1.82) is 0 Å². The predicted octanol–water partition coefficient (Wildman–Crippen LogP) is -0.198. The van der Waals surface area contributed by atoms with Crippen LogP contribution in [0.25, 0.3) is 5.52 Å². The molecule has 1 saturated carbocycles. The zero-order valence-electron chi connectivity index (χ0n) is 21.1. The lowest BCUT2D eigenvalue weighted by Gasteiger charge is -2.33. The van der Waals surface area contributed by atoms with E-state index in [1.807, 2.05) is 17.7 Å². The Morgan fingerprint density at radius 3 is 2.71 bits per heavy atom. The number of nitrogens with one attached hydrogen (secondary N) is 2. The number of hydrogen-bond acceptors (Lipinski definition) is 13. The van der Waals surface area contributed by atoms with Crippen LogP contribution in [0, 0.1) is 0 Å². The zero-order valence-corrected chi connectivity index (χ0v) is 22.0. The molecule has 0 radical (unpaired) electrons. The second-order valence-electron chi connectivity index (χ2n) is 9.43. The van der Waals surface area contributed by atoms with Crippen LogP contribution in [0.15, 0.2) is 17.2 Å². The van der Waals surface area contributed by atoms with E-state index in [0.717, 1.165) is 24.1 Å². The molecule has 2 aliphatic rings. The van der Waals surface area contributed by atoms with Crippen LogP contribution in [-0.2, 0) is 9.47 Å². The average molecular weight is 557 g/mol. The maximum atomic E-state index is 9.97. The Kier molecular flexibility index (Phi) is 9.90. The number of hydrazone groups is 1. The number of hydrogen-bond donors (Lipinski definition) is 8. The molecule has 3 heterocycles. The number of aromatic nitrogens is 3. The molecule has 38 heavy (non-hydrogen) atoms. The molecule has 4 rings (SSSR count). The van der Waals surface area contributed by atoms with Gasteiger partial charge in [-0.2, -0.15) is 10.1 Å². The molecule has 2 aromatic heterocycles. The van der Waals surface area contributed by atoms with Gasteiger partial charge in [-0.05, 0) is 37.8 Å². The summed E-state index contributed by atoms with van der Waals surface area (Å²) >= 11 is 0. The van der Waals surface area contributed by atoms with Gasteiger partial charge >= 0.3 is 6.01 Å². The summed E-state index contributed by atoms with van der Waals surface area (Å²) < 4.78 is 19.3. The van der Waals surface area contributed by atoms with Crippen molar-refractivity contribution < 1.29 is 34.2 Å². The number of rotatable bonds is 14. The number of fused-ring (bicyclic) bond motifs is 1. The molecule has 0 aromatic carbocycles. The molecule has 0 spiro atoms. The fourth-order valence-electron chi connectivity index (χ4n) is 4.85. The van der Waals surface area contributed by atoms with Gasteiger partial charge in [0, 0.05) is 12.5 Å². The van der Waals surface area contributed by atoms with Gasteiger partial charge in [-0.15, -0.1) is 5.10 Å². The first-order valence-electron chi connectivity index (χ1n) is 12.6. The largest absolute Gasteiger partial charge is 0.460 e. The van der Waals surface area contributed by atoms with E-state index in [2.05, 4.69) is 20.5 Å². The second-order valence-corrected chi connectivity index (χ2v) is 10.8. The van der Waals surface area contributed by atoms with E-state index in [1.54, 1.807) is 4.52 Å². The van der Waals surface area contributed by atoms with Gasteiger partial charge in [0.25, 0.3) is 0 Å². The van der Waals surface area contributed by atoms with Crippen LogP contribution in [0.2, 0.25) is 0 Å². The van der Waals surface area contributed by atoms with Crippen molar-refractivity contribution in [3.05, 3.63) is 17.8 Å². The number of nitrogens with two attached hydrogens (primary N) is 2. The van der Waals surface area contributed by atoms with Gasteiger partial charge in [-0.3, -0.25) is 0 Å². The molecule has 2 fully saturated rings. The van der Waals surface area contributed by atoms with Gasteiger partial charge in [0.1, 0.15) is 24.1 Å². The topological polar surface area (TPSA) is 227 Å².